The lowest BCUT2D eigenvalue weighted by molar-refractivity contribution is 0.0908. The molecule has 1 unspecified atom stereocenters. The van der Waals surface area contributed by atoms with Crippen LogP contribution in [-0.4, -0.2) is 37.7 Å². The third-order valence-electron chi connectivity index (χ3n) is 2.61. The van der Waals surface area contributed by atoms with Crippen LogP contribution in [-0.2, 0) is 10.0 Å². The minimum absolute atomic E-state index is 0.0396. The molecule has 0 aliphatic carbocycles. The first-order valence-electron chi connectivity index (χ1n) is 5.66. The summed E-state index contributed by atoms with van der Waals surface area (Å²) in [7, 11) is -3.67. The minimum atomic E-state index is -3.67. The predicted octanol–water partition coefficient (Wildman–Crippen LogP) is 2.04. The summed E-state index contributed by atoms with van der Waals surface area (Å²) in [6.07, 6.45) is 1.85. The summed E-state index contributed by atoms with van der Waals surface area (Å²) in [6, 6.07) is 4.72. The van der Waals surface area contributed by atoms with Gasteiger partial charge in [-0.2, -0.15) is 11.8 Å². The molecule has 0 radical (unpaired) electrons. The third-order valence-corrected chi connectivity index (χ3v) is 5.47. The third kappa shape index (κ3) is 4.65. The second-order valence-electron chi connectivity index (χ2n) is 4.62. The molecule has 7 heteroatoms. The van der Waals surface area contributed by atoms with E-state index in [9.17, 15) is 13.5 Å². The highest BCUT2D eigenvalue weighted by Gasteiger charge is 2.24. The van der Waals surface area contributed by atoms with Crippen molar-refractivity contribution in [3.8, 4) is 0 Å². The van der Waals surface area contributed by atoms with E-state index in [1.165, 1.54) is 17.8 Å². The molecule has 0 saturated carbocycles. The Hall–Kier alpha value is -0.270. The fourth-order valence-electron chi connectivity index (χ4n) is 1.57. The number of benzene rings is 1. The number of nitrogens with one attached hydrogen (secondary N) is 1. The molecule has 4 nitrogen and oxygen atoms in total. The summed E-state index contributed by atoms with van der Waals surface area (Å²) in [5.41, 5.74) is -0.583. The van der Waals surface area contributed by atoms with Gasteiger partial charge in [-0.15, -0.1) is 0 Å². The normalized spacial score (nSPS) is 15.2. The van der Waals surface area contributed by atoms with Gasteiger partial charge in [-0.1, -0.05) is 17.7 Å². The monoisotopic (exact) mass is 323 g/mol. The lowest BCUT2D eigenvalue weighted by Crippen LogP contribution is -2.42. The van der Waals surface area contributed by atoms with Crippen molar-refractivity contribution in [2.45, 2.75) is 24.3 Å². The molecule has 0 bridgehead atoms. The number of halogens is 1. The van der Waals surface area contributed by atoms with Crippen LogP contribution in [0.15, 0.2) is 23.1 Å². The largest absolute Gasteiger partial charge is 0.388 e. The highest BCUT2D eigenvalue weighted by atomic mass is 35.5. The summed E-state index contributed by atoms with van der Waals surface area (Å²) in [4.78, 5) is 0.139. The Kier molecular flexibility index (Phi) is 5.70. The summed E-state index contributed by atoms with van der Waals surface area (Å²) >= 11 is 7.37. The molecule has 0 amide bonds. The maximum absolute atomic E-state index is 12.2. The molecule has 0 spiro atoms. The van der Waals surface area contributed by atoms with Gasteiger partial charge >= 0.3 is 0 Å². The topological polar surface area (TPSA) is 66.4 Å². The van der Waals surface area contributed by atoms with Gasteiger partial charge in [0.1, 0.15) is 0 Å². The molecule has 0 heterocycles. The van der Waals surface area contributed by atoms with Gasteiger partial charge in [0.15, 0.2) is 0 Å². The fraction of sp³-hybridized carbons (Fsp3) is 0.500. The second-order valence-corrected chi connectivity index (χ2v) is 7.63. The van der Waals surface area contributed by atoms with Gasteiger partial charge in [0.05, 0.1) is 10.5 Å². The minimum Gasteiger partial charge on any atom is -0.388 e. The van der Waals surface area contributed by atoms with Crippen molar-refractivity contribution in [2.24, 2.45) is 0 Å². The van der Waals surface area contributed by atoms with Crippen molar-refractivity contribution in [1.82, 2.24) is 4.72 Å². The molecular weight excluding hydrogens is 306 g/mol. The van der Waals surface area contributed by atoms with E-state index in [0.717, 1.165) is 0 Å². The van der Waals surface area contributed by atoms with Crippen LogP contribution in [0, 0.1) is 6.92 Å². The highest BCUT2D eigenvalue weighted by molar-refractivity contribution is 7.98. The molecule has 19 heavy (non-hydrogen) atoms. The number of hydrogen-bond donors (Lipinski definition) is 2. The Morgan fingerprint density at radius 3 is 2.68 bits per heavy atom. The molecular formula is C12H18ClNO3S2. The SMILES string of the molecule is CSCC(C)(O)CNS(=O)(=O)c1cccc(Cl)c1C. The second kappa shape index (κ2) is 6.45. The summed E-state index contributed by atoms with van der Waals surface area (Å²) in [5, 5.41) is 10.4. The van der Waals surface area contributed by atoms with Crippen LogP contribution in [0.5, 0.6) is 0 Å². The lowest BCUT2D eigenvalue weighted by atomic mass is 10.1. The van der Waals surface area contributed by atoms with Crippen molar-refractivity contribution < 1.29 is 13.5 Å². The molecule has 2 N–H and O–H groups in total. The molecule has 108 valence electrons. The molecule has 1 atom stereocenters. The average molecular weight is 324 g/mol. The van der Waals surface area contributed by atoms with Gasteiger partial charge < -0.3 is 5.11 Å². The fourth-order valence-corrected chi connectivity index (χ4v) is 3.95. The van der Waals surface area contributed by atoms with Gasteiger partial charge in [-0.25, -0.2) is 13.1 Å². The number of aliphatic hydroxyl groups is 1. The summed E-state index contributed by atoms with van der Waals surface area (Å²) < 4.78 is 26.8. The van der Waals surface area contributed by atoms with Gasteiger partial charge in [0, 0.05) is 17.3 Å². The molecule has 1 aromatic rings. The number of rotatable bonds is 6. The van der Waals surface area contributed by atoms with E-state index in [2.05, 4.69) is 4.72 Å². The van der Waals surface area contributed by atoms with E-state index in [4.69, 9.17) is 11.6 Å². The molecule has 0 aromatic heterocycles. The molecule has 1 aromatic carbocycles. The first-order valence-corrected chi connectivity index (χ1v) is 8.91. The van der Waals surface area contributed by atoms with Crippen LogP contribution in [0.25, 0.3) is 0 Å². The van der Waals surface area contributed by atoms with Gasteiger partial charge in [0.25, 0.3) is 0 Å². The quantitative estimate of drug-likeness (QED) is 0.840. The van der Waals surface area contributed by atoms with Crippen LogP contribution >= 0.6 is 23.4 Å². The smallest absolute Gasteiger partial charge is 0.240 e. The zero-order valence-corrected chi connectivity index (χ0v) is 13.5. The van der Waals surface area contributed by atoms with Gasteiger partial charge in [0.2, 0.25) is 10.0 Å². The number of sulfonamides is 1. The molecule has 0 saturated heterocycles. The van der Waals surface area contributed by atoms with Gasteiger partial charge in [-0.05, 0) is 37.8 Å². The first kappa shape index (κ1) is 16.8. The van der Waals surface area contributed by atoms with E-state index in [1.54, 1.807) is 26.0 Å². The maximum atomic E-state index is 12.2. The van der Waals surface area contributed by atoms with Crippen molar-refractivity contribution in [2.75, 3.05) is 18.6 Å². The Bertz CT molecular complexity index is 544. The Labute approximate surface area is 123 Å². The molecule has 0 aliphatic rings. The summed E-state index contributed by atoms with van der Waals surface area (Å²) in [5.74, 6) is 0.448. The predicted molar refractivity (Wildman–Crippen MR) is 80.4 cm³/mol. The Balaban J connectivity index is 2.91. The number of hydrogen-bond acceptors (Lipinski definition) is 4. The van der Waals surface area contributed by atoms with Crippen LogP contribution < -0.4 is 4.72 Å². The van der Waals surface area contributed by atoms with Crippen LogP contribution in [0.4, 0.5) is 0 Å². The lowest BCUT2D eigenvalue weighted by Gasteiger charge is -2.22. The van der Waals surface area contributed by atoms with Crippen molar-refractivity contribution in [3.63, 3.8) is 0 Å². The Morgan fingerprint density at radius 2 is 2.11 bits per heavy atom. The van der Waals surface area contributed by atoms with E-state index >= 15 is 0 Å². The Morgan fingerprint density at radius 1 is 1.47 bits per heavy atom. The van der Waals surface area contributed by atoms with E-state index in [-0.39, 0.29) is 11.4 Å². The van der Waals surface area contributed by atoms with E-state index < -0.39 is 15.6 Å². The van der Waals surface area contributed by atoms with Crippen molar-refractivity contribution in [1.29, 1.82) is 0 Å². The molecule has 1 rings (SSSR count). The zero-order valence-electron chi connectivity index (χ0n) is 11.1. The van der Waals surface area contributed by atoms with Gasteiger partial charge in [-0.3, -0.25) is 0 Å². The average Bonchev–Trinajstić information content (AvgIpc) is 2.30. The highest BCUT2D eigenvalue weighted by Crippen LogP contribution is 2.22. The van der Waals surface area contributed by atoms with Crippen molar-refractivity contribution >= 4 is 33.4 Å². The van der Waals surface area contributed by atoms with Crippen LogP contribution in [0.1, 0.15) is 12.5 Å². The first-order chi connectivity index (χ1) is 8.69. The zero-order chi connectivity index (χ0) is 14.7. The summed E-state index contributed by atoms with van der Waals surface area (Å²) in [6.45, 7) is 3.20. The molecule has 0 aliphatic heterocycles. The maximum Gasteiger partial charge on any atom is 0.240 e. The van der Waals surface area contributed by atoms with Crippen molar-refractivity contribution in [3.05, 3.63) is 28.8 Å². The van der Waals surface area contributed by atoms with Crippen LogP contribution in [0.2, 0.25) is 5.02 Å². The number of thioether (sulfide) groups is 1. The van der Waals surface area contributed by atoms with Crippen LogP contribution in [0.3, 0.4) is 0 Å². The van der Waals surface area contributed by atoms with E-state index in [0.29, 0.717) is 16.3 Å². The molecule has 0 fully saturated rings. The van der Waals surface area contributed by atoms with E-state index in [1.807, 2.05) is 6.26 Å². The standard InChI is InChI=1S/C12H18ClNO3S2/c1-9-10(13)5-4-6-11(9)19(16,17)14-7-12(2,15)8-18-3/h4-6,14-15H,7-8H2,1-3H3.